The molecule has 0 atom stereocenters. The summed E-state index contributed by atoms with van der Waals surface area (Å²) < 4.78 is 0. The van der Waals surface area contributed by atoms with E-state index in [2.05, 4.69) is 5.32 Å². The van der Waals surface area contributed by atoms with Crippen molar-refractivity contribution < 1.29 is 4.79 Å². The van der Waals surface area contributed by atoms with Crippen LogP contribution >= 0.6 is 11.6 Å². The molecule has 0 unspecified atom stereocenters. The van der Waals surface area contributed by atoms with E-state index >= 15 is 0 Å². The first-order valence-corrected chi connectivity index (χ1v) is 6.30. The fourth-order valence-electron chi connectivity index (χ4n) is 1.83. The molecule has 19 heavy (non-hydrogen) atoms. The number of hydrogen-bond acceptors (Lipinski definition) is 2. The standard InChI is InChI=1S/C15H15ClN2O/c1-9-7-8-13(17)14(10(9)2)18-15(19)11-5-3-4-6-12(11)16/h3-8H,17H2,1-2H3,(H,18,19). The van der Waals surface area contributed by atoms with Gasteiger partial charge in [-0.25, -0.2) is 0 Å². The van der Waals surface area contributed by atoms with Crippen LogP contribution in [-0.4, -0.2) is 5.91 Å². The lowest BCUT2D eigenvalue weighted by molar-refractivity contribution is 0.102. The summed E-state index contributed by atoms with van der Waals surface area (Å²) >= 11 is 6.00. The molecular formula is C15H15ClN2O. The number of nitrogens with one attached hydrogen (secondary N) is 1. The molecule has 2 aromatic carbocycles. The number of carbonyl (C=O) groups is 1. The van der Waals surface area contributed by atoms with Gasteiger partial charge in [0.1, 0.15) is 0 Å². The van der Waals surface area contributed by atoms with Gasteiger partial charge in [-0.3, -0.25) is 4.79 Å². The molecule has 0 radical (unpaired) electrons. The van der Waals surface area contributed by atoms with Crippen LogP contribution in [0.4, 0.5) is 11.4 Å². The van der Waals surface area contributed by atoms with Gasteiger partial charge in [-0.2, -0.15) is 0 Å². The summed E-state index contributed by atoms with van der Waals surface area (Å²) in [6.45, 7) is 3.90. The first-order valence-electron chi connectivity index (χ1n) is 5.92. The van der Waals surface area contributed by atoms with E-state index in [1.165, 1.54) is 0 Å². The third-order valence-corrected chi connectivity index (χ3v) is 3.45. The summed E-state index contributed by atoms with van der Waals surface area (Å²) in [6, 6.07) is 10.6. The van der Waals surface area contributed by atoms with Gasteiger partial charge in [-0.15, -0.1) is 0 Å². The molecule has 2 rings (SSSR count). The van der Waals surface area contributed by atoms with Gasteiger partial charge in [-0.05, 0) is 43.2 Å². The van der Waals surface area contributed by atoms with Crippen molar-refractivity contribution in [2.75, 3.05) is 11.1 Å². The summed E-state index contributed by atoms with van der Waals surface area (Å²) in [6.07, 6.45) is 0. The summed E-state index contributed by atoms with van der Waals surface area (Å²) in [5, 5.41) is 3.25. The van der Waals surface area contributed by atoms with Gasteiger partial charge >= 0.3 is 0 Å². The van der Waals surface area contributed by atoms with Crippen LogP contribution in [0.3, 0.4) is 0 Å². The molecule has 0 aliphatic heterocycles. The highest BCUT2D eigenvalue weighted by Gasteiger charge is 2.13. The fraction of sp³-hybridized carbons (Fsp3) is 0.133. The number of hydrogen-bond donors (Lipinski definition) is 2. The fourth-order valence-corrected chi connectivity index (χ4v) is 2.05. The molecule has 0 heterocycles. The molecule has 0 aromatic heterocycles. The third kappa shape index (κ3) is 2.71. The van der Waals surface area contributed by atoms with Gasteiger partial charge in [0.15, 0.2) is 0 Å². The average molecular weight is 275 g/mol. The number of halogens is 1. The predicted octanol–water partition coefficient (Wildman–Crippen LogP) is 3.79. The van der Waals surface area contributed by atoms with Gasteiger partial charge in [0.05, 0.1) is 22.0 Å². The van der Waals surface area contributed by atoms with Gasteiger partial charge < -0.3 is 11.1 Å². The normalized spacial score (nSPS) is 10.3. The van der Waals surface area contributed by atoms with Crippen molar-refractivity contribution in [1.29, 1.82) is 0 Å². The zero-order chi connectivity index (χ0) is 14.0. The lowest BCUT2D eigenvalue weighted by Gasteiger charge is -2.13. The monoisotopic (exact) mass is 274 g/mol. The molecule has 0 spiro atoms. The van der Waals surface area contributed by atoms with Crippen LogP contribution in [0.15, 0.2) is 36.4 Å². The number of carbonyl (C=O) groups excluding carboxylic acids is 1. The number of aryl methyl sites for hydroxylation is 1. The maximum absolute atomic E-state index is 12.2. The second kappa shape index (κ2) is 5.33. The van der Waals surface area contributed by atoms with Crippen molar-refractivity contribution in [3.63, 3.8) is 0 Å². The second-order valence-electron chi connectivity index (χ2n) is 4.41. The molecule has 0 saturated heterocycles. The van der Waals surface area contributed by atoms with E-state index in [1.807, 2.05) is 19.9 Å². The minimum Gasteiger partial charge on any atom is -0.397 e. The number of rotatable bonds is 2. The van der Waals surface area contributed by atoms with Gasteiger partial charge in [-0.1, -0.05) is 29.8 Å². The maximum Gasteiger partial charge on any atom is 0.257 e. The number of amides is 1. The molecule has 98 valence electrons. The Morgan fingerprint density at radius 3 is 2.53 bits per heavy atom. The maximum atomic E-state index is 12.2. The van der Waals surface area contributed by atoms with Gasteiger partial charge in [0.2, 0.25) is 0 Å². The van der Waals surface area contributed by atoms with Crippen molar-refractivity contribution in [2.45, 2.75) is 13.8 Å². The minimum absolute atomic E-state index is 0.258. The predicted molar refractivity (Wildman–Crippen MR) is 79.7 cm³/mol. The molecule has 0 aliphatic carbocycles. The molecule has 0 fully saturated rings. The smallest absolute Gasteiger partial charge is 0.257 e. The Balaban J connectivity index is 2.35. The SMILES string of the molecule is Cc1ccc(N)c(NC(=O)c2ccccc2Cl)c1C. The lowest BCUT2D eigenvalue weighted by Crippen LogP contribution is -2.15. The topological polar surface area (TPSA) is 55.1 Å². The molecule has 0 bridgehead atoms. The van der Waals surface area contributed by atoms with Crippen LogP contribution in [0, 0.1) is 13.8 Å². The Labute approximate surface area is 117 Å². The van der Waals surface area contributed by atoms with E-state index in [0.717, 1.165) is 11.1 Å². The zero-order valence-corrected chi connectivity index (χ0v) is 11.6. The summed E-state index contributed by atoms with van der Waals surface area (Å²) in [5.74, 6) is -0.258. The molecule has 2 aromatic rings. The van der Waals surface area contributed by atoms with Crippen LogP contribution in [0.2, 0.25) is 5.02 Å². The Kier molecular flexibility index (Phi) is 3.76. The molecule has 4 heteroatoms. The number of anilines is 2. The molecule has 3 N–H and O–H groups in total. The third-order valence-electron chi connectivity index (χ3n) is 3.13. The molecule has 0 aliphatic rings. The Morgan fingerprint density at radius 1 is 1.16 bits per heavy atom. The lowest BCUT2D eigenvalue weighted by atomic mass is 10.1. The van der Waals surface area contributed by atoms with Crippen LogP contribution in [-0.2, 0) is 0 Å². The Bertz CT molecular complexity index is 638. The van der Waals surface area contributed by atoms with E-state index in [-0.39, 0.29) is 5.91 Å². The highest BCUT2D eigenvalue weighted by Crippen LogP contribution is 2.27. The van der Waals surface area contributed by atoms with Crippen molar-refractivity contribution in [1.82, 2.24) is 0 Å². The van der Waals surface area contributed by atoms with Crippen LogP contribution in [0.5, 0.6) is 0 Å². The highest BCUT2D eigenvalue weighted by atomic mass is 35.5. The van der Waals surface area contributed by atoms with Gasteiger partial charge in [0, 0.05) is 0 Å². The highest BCUT2D eigenvalue weighted by molar-refractivity contribution is 6.34. The summed E-state index contributed by atoms with van der Waals surface area (Å²) in [7, 11) is 0. The minimum atomic E-state index is -0.258. The largest absolute Gasteiger partial charge is 0.397 e. The Morgan fingerprint density at radius 2 is 1.84 bits per heavy atom. The van der Waals surface area contributed by atoms with E-state index in [1.54, 1.807) is 30.3 Å². The van der Waals surface area contributed by atoms with Crippen LogP contribution in [0.25, 0.3) is 0 Å². The van der Waals surface area contributed by atoms with Crippen LogP contribution < -0.4 is 11.1 Å². The number of nitrogen functional groups attached to an aromatic ring is 1. The first kappa shape index (κ1) is 13.4. The Hall–Kier alpha value is -2.00. The summed E-state index contributed by atoms with van der Waals surface area (Å²) in [5.41, 5.74) is 9.56. The average Bonchev–Trinajstić information content (AvgIpc) is 2.39. The molecule has 0 saturated carbocycles. The molecule has 1 amide bonds. The molecule has 3 nitrogen and oxygen atoms in total. The van der Waals surface area contributed by atoms with Crippen LogP contribution in [0.1, 0.15) is 21.5 Å². The summed E-state index contributed by atoms with van der Waals surface area (Å²) in [4.78, 5) is 12.2. The number of nitrogens with two attached hydrogens (primary N) is 1. The van der Waals surface area contributed by atoms with Gasteiger partial charge in [0.25, 0.3) is 5.91 Å². The van der Waals surface area contributed by atoms with Crippen molar-refractivity contribution in [3.05, 3.63) is 58.1 Å². The van der Waals surface area contributed by atoms with Crippen molar-refractivity contribution >= 4 is 28.9 Å². The number of benzene rings is 2. The van der Waals surface area contributed by atoms with E-state index in [4.69, 9.17) is 17.3 Å². The second-order valence-corrected chi connectivity index (χ2v) is 4.81. The zero-order valence-electron chi connectivity index (χ0n) is 10.8. The van der Waals surface area contributed by atoms with E-state index in [0.29, 0.717) is 22.0 Å². The van der Waals surface area contributed by atoms with Crippen molar-refractivity contribution in [2.24, 2.45) is 0 Å². The molecular weight excluding hydrogens is 260 g/mol. The van der Waals surface area contributed by atoms with Crippen molar-refractivity contribution in [3.8, 4) is 0 Å². The van der Waals surface area contributed by atoms with E-state index < -0.39 is 0 Å². The quantitative estimate of drug-likeness (QED) is 0.819. The first-order chi connectivity index (χ1) is 9.00. The van der Waals surface area contributed by atoms with E-state index in [9.17, 15) is 4.79 Å².